The van der Waals surface area contributed by atoms with Gasteiger partial charge in [0.15, 0.2) is 0 Å². The highest BCUT2D eigenvalue weighted by Gasteiger charge is 2.09. The fourth-order valence-corrected chi connectivity index (χ4v) is 2.24. The molecule has 4 nitrogen and oxygen atoms in total. The molecule has 0 fully saturated rings. The number of nitro benzene ring substituents is 1. The number of anilines is 1. The molecule has 0 radical (unpaired) electrons. The fraction of sp³-hybridized carbons (Fsp3) is 0.429. The molecule has 1 N–H and O–H groups in total. The van der Waals surface area contributed by atoms with E-state index in [1.165, 1.54) is 24.8 Å². The van der Waals surface area contributed by atoms with E-state index in [0.717, 1.165) is 24.2 Å². The van der Waals surface area contributed by atoms with Gasteiger partial charge in [-0.05, 0) is 38.2 Å². The van der Waals surface area contributed by atoms with E-state index in [4.69, 9.17) is 0 Å². The monoisotopic (exact) mass is 246 g/mol. The minimum Gasteiger partial charge on any atom is -0.384 e. The number of hydrogen-bond acceptors (Lipinski definition) is 3. The molecule has 18 heavy (non-hydrogen) atoms. The van der Waals surface area contributed by atoms with Gasteiger partial charge in [0.2, 0.25) is 0 Å². The smallest absolute Gasteiger partial charge is 0.271 e. The minimum atomic E-state index is -0.357. The van der Waals surface area contributed by atoms with E-state index in [2.05, 4.69) is 11.4 Å². The summed E-state index contributed by atoms with van der Waals surface area (Å²) in [6.45, 7) is 2.80. The zero-order chi connectivity index (χ0) is 13.0. The van der Waals surface area contributed by atoms with Gasteiger partial charge in [0.1, 0.15) is 0 Å². The number of allylic oxidation sites excluding steroid dienone is 1. The molecule has 0 saturated carbocycles. The van der Waals surface area contributed by atoms with Crippen molar-refractivity contribution in [2.75, 3.05) is 11.9 Å². The van der Waals surface area contributed by atoms with Crippen LogP contribution in [0, 0.1) is 17.0 Å². The number of nitrogens with one attached hydrogen (secondary N) is 1. The SMILES string of the molecule is Cc1ccc([N+](=O)[O-])cc1NCCC1=CCCC1. The summed E-state index contributed by atoms with van der Waals surface area (Å²) in [5.41, 5.74) is 3.55. The Morgan fingerprint density at radius 1 is 1.44 bits per heavy atom. The second-order valence-corrected chi connectivity index (χ2v) is 4.69. The van der Waals surface area contributed by atoms with Crippen molar-refractivity contribution in [1.29, 1.82) is 0 Å². The summed E-state index contributed by atoms with van der Waals surface area (Å²) in [6, 6.07) is 4.94. The first-order valence-corrected chi connectivity index (χ1v) is 6.33. The number of non-ortho nitro benzene ring substituents is 1. The zero-order valence-corrected chi connectivity index (χ0v) is 10.6. The molecule has 96 valence electrons. The Hall–Kier alpha value is -1.84. The van der Waals surface area contributed by atoms with E-state index in [-0.39, 0.29) is 10.6 Å². The Labute approximate surface area is 107 Å². The topological polar surface area (TPSA) is 55.2 Å². The van der Waals surface area contributed by atoms with Gasteiger partial charge in [0.25, 0.3) is 5.69 Å². The summed E-state index contributed by atoms with van der Waals surface area (Å²) in [5.74, 6) is 0. The van der Waals surface area contributed by atoms with Crippen molar-refractivity contribution < 1.29 is 4.92 Å². The van der Waals surface area contributed by atoms with Crippen LogP contribution < -0.4 is 5.32 Å². The normalized spacial score (nSPS) is 14.4. The standard InChI is InChI=1S/C14H18N2O2/c1-11-6-7-13(16(17)18)10-14(11)15-9-8-12-4-2-3-5-12/h4,6-7,10,15H,2-3,5,8-9H2,1H3. The van der Waals surface area contributed by atoms with Gasteiger partial charge in [0, 0.05) is 24.4 Å². The van der Waals surface area contributed by atoms with E-state index in [1.807, 2.05) is 6.92 Å². The predicted molar refractivity (Wildman–Crippen MR) is 72.9 cm³/mol. The first-order valence-electron chi connectivity index (χ1n) is 6.33. The van der Waals surface area contributed by atoms with E-state index in [0.29, 0.717) is 0 Å². The molecule has 0 bridgehead atoms. The van der Waals surface area contributed by atoms with Crippen molar-refractivity contribution in [3.05, 3.63) is 45.5 Å². The maximum Gasteiger partial charge on any atom is 0.271 e. The summed E-state index contributed by atoms with van der Waals surface area (Å²) in [4.78, 5) is 10.4. The van der Waals surface area contributed by atoms with Crippen molar-refractivity contribution in [2.45, 2.75) is 32.6 Å². The lowest BCUT2D eigenvalue weighted by molar-refractivity contribution is -0.384. The Morgan fingerprint density at radius 2 is 2.28 bits per heavy atom. The molecule has 1 aromatic carbocycles. The van der Waals surface area contributed by atoms with Gasteiger partial charge >= 0.3 is 0 Å². The lowest BCUT2D eigenvalue weighted by atomic mass is 10.1. The second-order valence-electron chi connectivity index (χ2n) is 4.69. The van der Waals surface area contributed by atoms with Gasteiger partial charge < -0.3 is 5.32 Å². The molecule has 1 aliphatic rings. The van der Waals surface area contributed by atoms with Crippen LogP contribution in [0.3, 0.4) is 0 Å². The Bertz CT molecular complexity index is 481. The first-order chi connectivity index (χ1) is 8.66. The maximum atomic E-state index is 10.7. The molecule has 0 atom stereocenters. The largest absolute Gasteiger partial charge is 0.384 e. The van der Waals surface area contributed by atoms with Crippen LogP contribution in [0.2, 0.25) is 0 Å². The van der Waals surface area contributed by atoms with Crippen LogP contribution in [0.15, 0.2) is 29.8 Å². The van der Waals surface area contributed by atoms with Crippen molar-refractivity contribution in [3.63, 3.8) is 0 Å². The molecule has 0 amide bonds. The van der Waals surface area contributed by atoms with Crippen LogP contribution in [0.1, 0.15) is 31.2 Å². The van der Waals surface area contributed by atoms with Gasteiger partial charge in [-0.2, -0.15) is 0 Å². The first kappa shape index (κ1) is 12.6. The van der Waals surface area contributed by atoms with Gasteiger partial charge in [-0.25, -0.2) is 0 Å². The van der Waals surface area contributed by atoms with Crippen LogP contribution in [0.25, 0.3) is 0 Å². The summed E-state index contributed by atoms with van der Waals surface area (Å²) < 4.78 is 0. The van der Waals surface area contributed by atoms with Gasteiger partial charge in [-0.1, -0.05) is 17.7 Å². The minimum absolute atomic E-state index is 0.142. The van der Waals surface area contributed by atoms with E-state index >= 15 is 0 Å². The van der Waals surface area contributed by atoms with Crippen LogP contribution in [-0.2, 0) is 0 Å². The van der Waals surface area contributed by atoms with E-state index < -0.39 is 0 Å². The number of aryl methyl sites for hydroxylation is 1. The second kappa shape index (κ2) is 5.67. The average molecular weight is 246 g/mol. The molecule has 2 rings (SSSR count). The molecule has 0 aliphatic heterocycles. The quantitative estimate of drug-likeness (QED) is 0.488. The molecule has 4 heteroatoms. The van der Waals surface area contributed by atoms with Gasteiger partial charge in [0.05, 0.1) is 4.92 Å². The van der Waals surface area contributed by atoms with Crippen LogP contribution in [0.4, 0.5) is 11.4 Å². The van der Waals surface area contributed by atoms with Crippen LogP contribution in [-0.4, -0.2) is 11.5 Å². The van der Waals surface area contributed by atoms with Crippen molar-refractivity contribution in [2.24, 2.45) is 0 Å². The van der Waals surface area contributed by atoms with Crippen LogP contribution >= 0.6 is 0 Å². The lowest BCUT2D eigenvalue weighted by Gasteiger charge is -2.09. The Balaban J connectivity index is 1.95. The lowest BCUT2D eigenvalue weighted by Crippen LogP contribution is -2.04. The van der Waals surface area contributed by atoms with Gasteiger partial charge in [-0.3, -0.25) is 10.1 Å². The summed E-state index contributed by atoms with van der Waals surface area (Å²) >= 11 is 0. The summed E-state index contributed by atoms with van der Waals surface area (Å²) in [6.07, 6.45) is 7.01. The third kappa shape index (κ3) is 3.09. The number of nitro groups is 1. The van der Waals surface area contributed by atoms with Crippen LogP contribution in [0.5, 0.6) is 0 Å². The Kier molecular flexibility index (Phi) is 3.97. The fourth-order valence-electron chi connectivity index (χ4n) is 2.24. The number of nitrogens with zero attached hydrogens (tertiary/aromatic N) is 1. The van der Waals surface area contributed by atoms with Crippen molar-refractivity contribution in [3.8, 4) is 0 Å². The van der Waals surface area contributed by atoms with E-state index in [1.54, 1.807) is 18.2 Å². The molecular weight excluding hydrogens is 228 g/mol. The highest BCUT2D eigenvalue weighted by atomic mass is 16.6. The molecule has 0 spiro atoms. The summed E-state index contributed by atoms with van der Waals surface area (Å²) in [5, 5.41) is 14.0. The zero-order valence-electron chi connectivity index (χ0n) is 10.6. The molecule has 0 unspecified atom stereocenters. The highest BCUT2D eigenvalue weighted by molar-refractivity contribution is 5.56. The number of benzene rings is 1. The maximum absolute atomic E-state index is 10.7. The number of hydrogen-bond donors (Lipinski definition) is 1. The van der Waals surface area contributed by atoms with Crippen molar-refractivity contribution in [1.82, 2.24) is 0 Å². The molecule has 0 aromatic heterocycles. The number of rotatable bonds is 5. The third-order valence-corrected chi connectivity index (χ3v) is 3.33. The average Bonchev–Trinajstić information content (AvgIpc) is 2.84. The van der Waals surface area contributed by atoms with Crippen molar-refractivity contribution >= 4 is 11.4 Å². The molecule has 1 aliphatic carbocycles. The summed E-state index contributed by atoms with van der Waals surface area (Å²) in [7, 11) is 0. The third-order valence-electron chi connectivity index (χ3n) is 3.33. The molecule has 0 saturated heterocycles. The molecule has 1 aromatic rings. The van der Waals surface area contributed by atoms with Gasteiger partial charge in [-0.15, -0.1) is 0 Å². The highest BCUT2D eigenvalue weighted by Crippen LogP contribution is 2.23. The van der Waals surface area contributed by atoms with E-state index in [9.17, 15) is 10.1 Å². The molecule has 0 heterocycles. The Morgan fingerprint density at radius 3 is 2.94 bits per heavy atom. The predicted octanol–water partition coefficient (Wildman–Crippen LogP) is 3.82. The molecular formula is C14H18N2O2.